The normalized spacial score (nSPS) is 23.3. The number of rotatable bonds is 4. The Bertz CT molecular complexity index is 237. The molecule has 2 atom stereocenters. The molecule has 0 aromatic carbocycles. The van der Waals surface area contributed by atoms with Crippen molar-refractivity contribution in [3.63, 3.8) is 0 Å². The van der Waals surface area contributed by atoms with Crippen LogP contribution in [-0.4, -0.2) is 55.6 Å². The van der Waals surface area contributed by atoms with Crippen LogP contribution >= 0.6 is 0 Å². The van der Waals surface area contributed by atoms with Crippen molar-refractivity contribution < 1.29 is 0 Å². The standard InChI is InChI=1S/C15H33N3/c1-12(16)14(15(2,3)4)18(6)11-13-7-9-17(5)10-8-13/h12-14H,7-11,16H2,1-6H3. The lowest BCUT2D eigenvalue weighted by Crippen LogP contribution is -2.53. The van der Waals surface area contributed by atoms with Crippen molar-refractivity contribution in [1.29, 1.82) is 0 Å². The first-order valence-corrected chi connectivity index (χ1v) is 7.36. The van der Waals surface area contributed by atoms with E-state index in [4.69, 9.17) is 5.73 Å². The van der Waals surface area contributed by atoms with Crippen LogP contribution in [0.4, 0.5) is 0 Å². The van der Waals surface area contributed by atoms with Crippen molar-refractivity contribution in [2.24, 2.45) is 17.1 Å². The molecule has 0 saturated carbocycles. The van der Waals surface area contributed by atoms with Crippen LogP contribution in [0.25, 0.3) is 0 Å². The Morgan fingerprint density at radius 2 is 1.78 bits per heavy atom. The monoisotopic (exact) mass is 255 g/mol. The van der Waals surface area contributed by atoms with E-state index < -0.39 is 0 Å². The van der Waals surface area contributed by atoms with Crippen molar-refractivity contribution in [2.75, 3.05) is 33.7 Å². The summed E-state index contributed by atoms with van der Waals surface area (Å²) in [6.07, 6.45) is 2.66. The fourth-order valence-electron chi connectivity index (χ4n) is 3.62. The van der Waals surface area contributed by atoms with Crippen LogP contribution in [-0.2, 0) is 0 Å². The number of likely N-dealkylation sites (N-methyl/N-ethyl adjacent to an activating group) is 1. The van der Waals surface area contributed by atoms with E-state index in [9.17, 15) is 0 Å². The van der Waals surface area contributed by atoms with E-state index in [0.717, 1.165) is 5.92 Å². The van der Waals surface area contributed by atoms with Crippen LogP contribution in [0.5, 0.6) is 0 Å². The molecule has 1 heterocycles. The number of piperidine rings is 1. The molecule has 108 valence electrons. The third kappa shape index (κ3) is 4.52. The number of likely N-dealkylation sites (tertiary alicyclic amines) is 1. The predicted molar refractivity (Wildman–Crippen MR) is 79.7 cm³/mol. The molecule has 1 aliphatic heterocycles. The zero-order chi connectivity index (χ0) is 13.9. The lowest BCUT2D eigenvalue weighted by Gasteiger charge is -2.43. The zero-order valence-electron chi connectivity index (χ0n) is 13.2. The molecule has 18 heavy (non-hydrogen) atoms. The molecule has 0 spiro atoms. The number of hydrogen-bond donors (Lipinski definition) is 1. The summed E-state index contributed by atoms with van der Waals surface area (Å²) in [4.78, 5) is 4.93. The minimum atomic E-state index is 0.223. The zero-order valence-corrected chi connectivity index (χ0v) is 13.2. The summed E-state index contributed by atoms with van der Waals surface area (Å²) in [6.45, 7) is 12.7. The van der Waals surface area contributed by atoms with Gasteiger partial charge in [0.05, 0.1) is 0 Å². The summed E-state index contributed by atoms with van der Waals surface area (Å²) in [7, 11) is 4.47. The van der Waals surface area contributed by atoms with E-state index in [2.05, 4.69) is 51.6 Å². The Kier molecular flexibility index (Phi) is 5.63. The van der Waals surface area contributed by atoms with E-state index in [1.54, 1.807) is 0 Å². The highest BCUT2D eigenvalue weighted by Crippen LogP contribution is 2.27. The highest BCUT2D eigenvalue weighted by Gasteiger charge is 2.32. The molecular formula is C15H33N3. The molecule has 0 bridgehead atoms. The quantitative estimate of drug-likeness (QED) is 0.834. The van der Waals surface area contributed by atoms with Gasteiger partial charge < -0.3 is 15.5 Å². The van der Waals surface area contributed by atoms with E-state index in [1.165, 1.54) is 32.5 Å². The van der Waals surface area contributed by atoms with Gasteiger partial charge in [-0.1, -0.05) is 20.8 Å². The van der Waals surface area contributed by atoms with Crippen molar-refractivity contribution in [2.45, 2.75) is 52.6 Å². The Morgan fingerprint density at radius 3 is 2.17 bits per heavy atom. The maximum atomic E-state index is 6.20. The van der Waals surface area contributed by atoms with Gasteiger partial charge in [-0.05, 0) is 58.3 Å². The molecule has 0 radical (unpaired) electrons. The Balaban J connectivity index is 2.54. The largest absolute Gasteiger partial charge is 0.327 e. The second-order valence-corrected chi connectivity index (χ2v) is 7.36. The second-order valence-electron chi connectivity index (χ2n) is 7.36. The van der Waals surface area contributed by atoms with Crippen LogP contribution in [0, 0.1) is 11.3 Å². The molecule has 3 nitrogen and oxygen atoms in total. The summed E-state index contributed by atoms with van der Waals surface area (Å²) in [5.74, 6) is 0.842. The minimum absolute atomic E-state index is 0.223. The molecule has 3 heteroatoms. The van der Waals surface area contributed by atoms with Gasteiger partial charge in [0.25, 0.3) is 0 Å². The van der Waals surface area contributed by atoms with Gasteiger partial charge in [0.15, 0.2) is 0 Å². The van der Waals surface area contributed by atoms with Crippen molar-refractivity contribution >= 4 is 0 Å². The summed E-state index contributed by atoms with van der Waals surface area (Å²) < 4.78 is 0. The first-order chi connectivity index (χ1) is 8.21. The van der Waals surface area contributed by atoms with Gasteiger partial charge in [-0.2, -0.15) is 0 Å². The topological polar surface area (TPSA) is 32.5 Å². The summed E-state index contributed by atoms with van der Waals surface area (Å²) in [5.41, 5.74) is 6.45. The Morgan fingerprint density at radius 1 is 1.28 bits per heavy atom. The molecule has 0 aromatic heterocycles. The van der Waals surface area contributed by atoms with Gasteiger partial charge in [0, 0.05) is 18.6 Å². The van der Waals surface area contributed by atoms with Crippen LogP contribution < -0.4 is 5.73 Å². The van der Waals surface area contributed by atoms with Crippen molar-refractivity contribution in [3.8, 4) is 0 Å². The van der Waals surface area contributed by atoms with Gasteiger partial charge in [-0.15, -0.1) is 0 Å². The highest BCUT2D eigenvalue weighted by atomic mass is 15.2. The minimum Gasteiger partial charge on any atom is -0.327 e. The van der Waals surface area contributed by atoms with Gasteiger partial charge in [0.1, 0.15) is 0 Å². The molecule has 2 N–H and O–H groups in total. The fraction of sp³-hybridized carbons (Fsp3) is 1.00. The fourth-order valence-corrected chi connectivity index (χ4v) is 3.62. The van der Waals surface area contributed by atoms with Crippen LogP contribution in [0.3, 0.4) is 0 Å². The highest BCUT2D eigenvalue weighted by molar-refractivity contribution is 4.89. The first-order valence-electron chi connectivity index (χ1n) is 7.36. The average Bonchev–Trinajstić information content (AvgIpc) is 2.18. The summed E-state index contributed by atoms with van der Waals surface area (Å²) in [5, 5.41) is 0. The van der Waals surface area contributed by atoms with Crippen LogP contribution in [0.1, 0.15) is 40.5 Å². The molecule has 0 amide bonds. The Hall–Kier alpha value is -0.120. The number of nitrogens with zero attached hydrogens (tertiary/aromatic N) is 2. The van der Waals surface area contributed by atoms with Gasteiger partial charge in [-0.3, -0.25) is 0 Å². The molecule has 0 aromatic rings. The molecule has 1 saturated heterocycles. The summed E-state index contributed by atoms with van der Waals surface area (Å²) >= 11 is 0. The van der Waals surface area contributed by atoms with E-state index >= 15 is 0 Å². The second kappa shape index (κ2) is 6.36. The third-order valence-corrected chi connectivity index (χ3v) is 4.24. The molecular weight excluding hydrogens is 222 g/mol. The van der Waals surface area contributed by atoms with E-state index in [0.29, 0.717) is 6.04 Å². The SMILES string of the molecule is CC(N)C(N(C)CC1CCN(C)CC1)C(C)(C)C. The van der Waals surface area contributed by atoms with Crippen molar-refractivity contribution in [1.82, 2.24) is 9.80 Å². The molecule has 1 aliphatic rings. The third-order valence-electron chi connectivity index (χ3n) is 4.24. The van der Waals surface area contributed by atoms with Crippen LogP contribution in [0.2, 0.25) is 0 Å². The van der Waals surface area contributed by atoms with Crippen molar-refractivity contribution in [3.05, 3.63) is 0 Å². The number of hydrogen-bond acceptors (Lipinski definition) is 3. The molecule has 1 rings (SSSR count). The van der Waals surface area contributed by atoms with E-state index in [1.807, 2.05) is 0 Å². The lowest BCUT2D eigenvalue weighted by molar-refractivity contribution is 0.0769. The number of nitrogens with two attached hydrogens (primary N) is 1. The van der Waals surface area contributed by atoms with Crippen LogP contribution in [0.15, 0.2) is 0 Å². The van der Waals surface area contributed by atoms with Gasteiger partial charge in [-0.25, -0.2) is 0 Å². The maximum Gasteiger partial charge on any atom is 0.0289 e. The smallest absolute Gasteiger partial charge is 0.0289 e. The van der Waals surface area contributed by atoms with Gasteiger partial charge in [0.2, 0.25) is 0 Å². The maximum absolute atomic E-state index is 6.20. The predicted octanol–water partition coefficient (Wildman–Crippen LogP) is 2.02. The Labute approximate surface area is 114 Å². The van der Waals surface area contributed by atoms with E-state index in [-0.39, 0.29) is 11.5 Å². The van der Waals surface area contributed by atoms with Gasteiger partial charge >= 0.3 is 0 Å². The average molecular weight is 255 g/mol. The summed E-state index contributed by atoms with van der Waals surface area (Å²) in [6, 6.07) is 0.679. The first kappa shape index (κ1) is 15.9. The molecule has 1 fully saturated rings. The molecule has 0 aliphatic carbocycles. The molecule has 2 unspecified atom stereocenters. The lowest BCUT2D eigenvalue weighted by atomic mass is 9.81.